The summed E-state index contributed by atoms with van der Waals surface area (Å²) in [6.07, 6.45) is 0. The van der Waals surface area contributed by atoms with Gasteiger partial charge in [-0.25, -0.2) is 0 Å². The number of fused-ring (bicyclic) bond motifs is 8. The maximum Gasteiger partial charge on any atom is 0.136 e. The van der Waals surface area contributed by atoms with E-state index in [2.05, 4.69) is 109 Å². The molecule has 0 fully saturated rings. The van der Waals surface area contributed by atoms with Gasteiger partial charge >= 0.3 is 0 Å². The van der Waals surface area contributed by atoms with Crippen molar-refractivity contribution in [3.63, 3.8) is 0 Å². The summed E-state index contributed by atoms with van der Waals surface area (Å²) in [6, 6.07) is 40.2. The van der Waals surface area contributed by atoms with Gasteiger partial charge in [0.2, 0.25) is 0 Å². The van der Waals surface area contributed by atoms with Gasteiger partial charge in [0.05, 0.1) is 12.3 Å². The Bertz CT molecular complexity index is 3660. The average Bonchev–Trinajstić information content (AvgIpc) is 3.68. The summed E-state index contributed by atoms with van der Waals surface area (Å²) in [5, 5.41) is 8.51. The van der Waals surface area contributed by atoms with E-state index < -0.39 is 24.2 Å². The molecular formula is C50H30O. The summed E-state index contributed by atoms with van der Waals surface area (Å²) >= 11 is 0. The van der Waals surface area contributed by atoms with Gasteiger partial charge in [-0.3, -0.25) is 0 Å². The highest BCUT2D eigenvalue weighted by Crippen LogP contribution is 2.46. The summed E-state index contributed by atoms with van der Waals surface area (Å²) in [7, 11) is 0. The van der Waals surface area contributed by atoms with Crippen molar-refractivity contribution in [3.8, 4) is 33.4 Å². The molecule has 11 aromatic rings. The Labute approximate surface area is 307 Å². The molecule has 0 saturated heterocycles. The first-order chi connectivity index (χ1) is 29.0. The minimum absolute atomic E-state index is 0.0580. The molecule has 0 unspecified atom stereocenters. The lowest BCUT2D eigenvalue weighted by atomic mass is 9.84. The van der Waals surface area contributed by atoms with Gasteiger partial charge in [-0.15, -0.1) is 0 Å². The maximum absolute atomic E-state index is 9.32. The zero-order valence-corrected chi connectivity index (χ0v) is 27.0. The minimum Gasteiger partial charge on any atom is -0.456 e. The smallest absolute Gasteiger partial charge is 0.136 e. The molecule has 0 saturated carbocycles. The number of hydrogen-bond donors (Lipinski definition) is 0. The van der Waals surface area contributed by atoms with Crippen molar-refractivity contribution in [2.24, 2.45) is 0 Å². The first kappa shape index (κ1) is 20.7. The van der Waals surface area contributed by atoms with Crippen LogP contribution in [0.5, 0.6) is 0 Å². The van der Waals surface area contributed by atoms with Crippen molar-refractivity contribution < 1.29 is 16.8 Å². The van der Waals surface area contributed by atoms with E-state index in [4.69, 9.17) is 14.0 Å². The zero-order chi connectivity index (χ0) is 41.3. The second-order valence-corrected chi connectivity index (χ2v) is 12.9. The normalized spacial score (nSPS) is 14.4. The largest absolute Gasteiger partial charge is 0.456 e. The molecular weight excluding hydrogens is 617 g/mol. The fraction of sp³-hybridized carbons (Fsp3) is 0. The SMILES string of the molecule is [2H]c1c([2H])c(-c2ccc3ccc(-c4c5ccccc5c(-c5cccc6ccccc56)c5ccccc45)cc3c2)c2c(oc3c([2H])c4c([2H])c([2H])c([2H])c([2H])c4c([2H])c32)c1[2H]. The predicted octanol–water partition coefficient (Wildman–Crippen LogP) is 14.4. The molecule has 51 heavy (non-hydrogen) atoms. The predicted molar refractivity (Wildman–Crippen MR) is 218 cm³/mol. The summed E-state index contributed by atoms with van der Waals surface area (Å²) in [5.74, 6) is 0. The van der Waals surface area contributed by atoms with Crippen molar-refractivity contribution in [1.29, 1.82) is 0 Å². The Kier molecular flexibility index (Phi) is 4.43. The van der Waals surface area contributed by atoms with E-state index in [9.17, 15) is 2.74 Å². The molecule has 1 heterocycles. The van der Waals surface area contributed by atoms with E-state index in [0.29, 0.717) is 5.56 Å². The fourth-order valence-electron chi connectivity index (χ4n) is 7.86. The number of hydrogen-bond acceptors (Lipinski definition) is 1. The van der Waals surface area contributed by atoms with Gasteiger partial charge < -0.3 is 4.42 Å². The van der Waals surface area contributed by atoms with Crippen molar-refractivity contribution in [3.05, 3.63) is 182 Å². The standard InChI is InChI=1S/C50H30O/c1-2-13-34-30-47-45(29-33(34)12-1)50-39(20-10-22-46(50)51-47)35-25-23-31-24-26-36(28-37(31)27-35)48-41-16-5-7-18-43(41)49(44-19-8-6-17-42(44)48)40-21-9-14-32-11-3-4-15-38(32)40/h1-30H/i1D,2D,10D,12D,13D,20D,22D,29D,30D. The summed E-state index contributed by atoms with van der Waals surface area (Å²) in [5.41, 5.74) is 4.93. The Balaban J connectivity index is 1.18. The van der Waals surface area contributed by atoms with Crippen LogP contribution >= 0.6 is 0 Å². The van der Waals surface area contributed by atoms with Crippen LogP contribution in [0.15, 0.2) is 186 Å². The molecule has 0 aliphatic heterocycles. The molecule has 0 spiro atoms. The van der Waals surface area contributed by atoms with Crippen LogP contribution in [0, 0.1) is 0 Å². The minimum atomic E-state index is -0.531. The summed E-state index contributed by atoms with van der Waals surface area (Å²) < 4.78 is 85.2. The van der Waals surface area contributed by atoms with E-state index in [1.54, 1.807) is 0 Å². The monoisotopic (exact) mass is 655 g/mol. The van der Waals surface area contributed by atoms with Gasteiger partial charge in [-0.2, -0.15) is 0 Å². The van der Waals surface area contributed by atoms with E-state index in [0.717, 1.165) is 49.0 Å². The molecule has 1 heteroatoms. The molecule has 11 rings (SSSR count). The van der Waals surface area contributed by atoms with E-state index in [1.807, 2.05) is 18.2 Å². The molecule has 1 aromatic heterocycles. The quantitative estimate of drug-likeness (QED) is 0.173. The first-order valence-electron chi connectivity index (χ1n) is 21.4. The summed E-state index contributed by atoms with van der Waals surface area (Å²) in [4.78, 5) is 0. The third-order valence-corrected chi connectivity index (χ3v) is 10.1. The van der Waals surface area contributed by atoms with Crippen LogP contribution in [0.4, 0.5) is 0 Å². The highest BCUT2D eigenvalue weighted by Gasteiger charge is 2.19. The fourth-order valence-corrected chi connectivity index (χ4v) is 7.86. The maximum atomic E-state index is 9.32. The second kappa shape index (κ2) is 10.9. The lowest BCUT2D eigenvalue weighted by molar-refractivity contribution is 0.669. The topological polar surface area (TPSA) is 13.1 Å². The molecule has 1 nitrogen and oxygen atoms in total. The van der Waals surface area contributed by atoms with Gasteiger partial charge in [-0.05, 0) is 118 Å². The summed E-state index contributed by atoms with van der Waals surface area (Å²) in [6.45, 7) is 0. The van der Waals surface area contributed by atoms with Crippen molar-refractivity contribution in [2.75, 3.05) is 0 Å². The number of rotatable bonds is 3. The molecule has 0 radical (unpaired) electrons. The van der Waals surface area contributed by atoms with Gasteiger partial charge in [0.15, 0.2) is 0 Å². The number of benzene rings is 10. The Morgan fingerprint density at radius 2 is 1.00 bits per heavy atom. The molecule has 0 aliphatic rings. The number of furan rings is 1. The molecule has 0 amide bonds. The molecule has 236 valence electrons. The lowest BCUT2D eigenvalue weighted by Crippen LogP contribution is -1.91. The van der Waals surface area contributed by atoms with Crippen LogP contribution in [0.3, 0.4) is 0 Å². The van der Waals surface area contributed by atoms with E-state index in [-0.39, 0.29) is 68.5 Å². The van der Waals surface area contributed by atoms with E-state index in [1.165, 1.54) is 16.3 Å². The van der Waals surface area contributed by atoms with Crippen LogP contribution < -0.4 is 0 Å². The van der Waals surface area contributed by atoms with Crippen molar-refractivity contribution in [2.45, 2.75) is 0 Å². The van der Waals surface area contributed by atoms with Crippen LogP contribution in [0.2, 0.25) is 0 Å². The van der Waals surface area contributed by atoms with Gasteiger partial charge in [0.25, 0.3) is 0 Å². The highest BCUT2D eigenvalue weighted by atomic mass is 16.3. The Morgan fingerprint density at radius 1 is 0.373 bits per heavy atom. The van der Waals surface area contributed by atoms with E-state index >= 15 is 0 Å². The third kappa shape index (κ3) is 4.28. The molecule has 0 aliphatic carbocycles. The van der Waals surface area contributed by atoms with Crippen LogP contribution in [-0.2, 0) is 0 Å². The first-order valence-corrected chi connectivity index (χ1v) is 16.9. The highest BCUT2D eigenvalue weighted by molar-refractivity contribution is 6.24. The van der Waals surface area contributed by atoms with Gasteiger partial charge in [-0.1, -0.05) is 152 Å². The zero-order valence-electron chi connectivity index (χ0n) is 36.0. The second-order valence-electron chi connectivity index (χ2n) is 12.9. The lowest BCUT2D eigenvalue weighted by Gasteiger charge is -2.19. The third-order valence-electron chi connectivity index (χ3n) is 10.1. The Morgan fingerprint density at radius 3 is 1.76 bits per heavy atom. The van der Waals surface area contributed by atoms with Crippen molar-refractivity contribution >= 4 is 75.8 Å². The molecule has 0 N–H and O–H groups in total. The molecule has 0 bridgehead atoms. The van der Waals surface area contributed by atoms with Crippen LogP contribution in [-0.4, -0.2) is 0 Å². The van der Waals surface area contributed by atoms with Crippen LogP contribution in [0.25, 0.3) is 109 Å². The van der Waals surface area contributed by atoms with Gasteiger partial charge in [0, 0.05) is 10.8 Å². The molecule has 0 atom stereocenters. The van der Waals surface area contributed by atoms with Gasteiger partial charge in [0.1, 0.15) is 11.2 Å². The van der Waals surface area contributed by atoms with Crippen LogP contribution in [0.1, 0.15) is 12.3 Å². The van der Waals surface area contributed by atoms with Crippen molar-refractivity contribution in [1.82, 2.24) is 0 Å². The average molecular weight is 656 g/mol. The molecule has 10 aromatic carbocycles. The Hall–Kier alpha value is -6.70.